The van der Waals surface area contributed by atoms with Crippen LogP contribution in [0.2, 0.25) is 0 Å². The molecule has 138 valence electrons. The van der Waals surface area contributed by atoms with Crippen molar-refractivity contribution in [3.8, 4) is 5.75 Å². The van der Waals surface area contributed by atoms with Gasteiger partial charge in [-0.3, -0.25) is 4.57 Å². The van der Waals surface area contributed by atoms with Crippen LogP contribution in [0.5, 0.6) is 5.75 Å². The van der Waals surface area contributed by atoms with Gasteiger partial charge in [-0.15, -0.1) is 0 Å². The molecule has 0 bridgehead atoms. The van der Waals surface area contributed by atoms with Gasteiger partial charge in [-0.05, 0) is 37.1 Å². The van der Waals surface area contributed by atoms with Gasteiger partial charge >= 0.3 is 5.76 Å². The van der Waals surface area contributed by atoms with E-state index in [9.17, 15) is 13.2 Å². The molecule has 0 spiro atoms. The van der Waals surface area contributed by atoms with Crippen LogP contribution >= 0.6 is 0 Å². The Morgan fingerprint density at radius 3 is 2.69 bits per heavy atom. The first-order valence-corrected chi connectivity index (χ1v) is 9.69. The molecule has 0 aliphatic heterocycles. The van der Waals surface area contributed by atoms with Crippen LogP contribution in [0.3, 0.4) is 0 Å². The van der Waals surface area contributed by atoms with Gasteiger partial charge in [-0.1, -0.05) is 18.2 Å². The Hall–Kier alpha value is -2.58. The van der Waals surface area contributed by atoms with Crippen molar-refractivity contribution in [3.63, 3.8) is 0 Å². The third-order valence-corrected chi connectivity index (χ3v) is 5.60. The molecule has 1 N–H and O–H groups in total. The summed E-state index contributed by atoms with van der Waals surface area (Å²) in [5.74, 6) is 0.219. The molecule has 0 radical (unpaired) electrons. The van der Waals surface area contributed by atoms with E-state index < -0.39 is 15.8 Å². The zero-order valence-electron chi connectivity index (χ0n) is 14.6. The largest absolute Gasteiger partial charge is 0.496 e. The van der Waals surface area contributed by atoms with Gasteiger partial charge in [0.1, 0.15) is 5.75 Å². The lowest BCUT2D eigenvalue weighted by Gasteiger charge is -2.09. The highest BCUT2D eigenvalue weighted by atomic mass is 32.2. The molecular weight excluding hydrogens is 356 g/mol. The van der Waals surface area contributed by atoms with E-state index in [4.69, 9.17) is 9.15 Å². The lowest BCUT2D eigenvalue weighted by atomic mass is 10.1. The number of fused-ring (bicyclic) bond motifs is 1. The van der Waals surface area contributed by atoms with E-state index in [2.05, 4.69) is 4.72 Å². The number of rotatable bonds is 7. The van der Waals surface area contributed by atoms with Gasteiger partial charge in [0, 0.05) is 19.2 Å². The number of aryl methyl sites for hydroxylation is 1. The molecule has 3 aromatic rings. The van der Waals surface area contributed by atoms with Gasteiger partial charge in [0.05, 0.1) is 17.5 Å². The fraction of sp³-hybridized carbons (Fsp3) is 0.278. The number of nitrogens with zero attached hydrogens (tertiary/aromatic N) is 1. The van der Waals surface area contributed by atoms with Crippen LogP contribution in [0.4, 0.5) is 0 Å². The number of nitrogens with one attached hydrogen (secondary N) is 1. The summed E-state index contributed by atoms with van der Waals surface area (Å²) in [7, 11) is -2.14. The van der Waals surface area contributed by atoms with Crippen molar-refractivity contribution in [2.45, 2.75) is 24.8 Å². The molecule has 0 atom stereocenters. The Morgan fingerprint density at radius 2 is 1.96 bits per heavy atom. The van der Waals surface area contributed by atoms with E-state index >= 15 is 0 Å². The van der Waals surface area contributed by atoms with Crippen LogP contribution in [0, 0.1) is 0 Å². The molecule has 2 aromatic carbocycles. The second-order valence-corrected chi connectivity index (χ2v) is 7.47. The SMILES string of the molecule is CCn1c(=O)oc2cc(S(=O)(=O)NCCc3ccccc3OC)ccc21. The van der Waals surface area contributed by atoms with Gasteiger partial charge in [-0.2, -0.15) is 0 Å². The third-order valence-electron chi connectivity index (χ3n) is 4.15. The number of benzene rings is 2. The summed E-state index contributed by atoms with van der Waals surface area (Å²) in [6.07, 6.45) is 0.493. The van der Waals surface area contributed by atoms with Crippen LogP contribution in [-0.4, -0.2) is 26.6 Å². The summed E-state index contributed by atoms with van der Waals surface area (Å²) in [6.45, 7) is 2.50. The number of para-hydroxylation sites is 1. The topological polar surface area (TPSA) is 90.5 Å². The fourth-order valence-electron chi connectivity index (χ4n) is 2.83. The summed E-state index contributed by atoms with van der Waals surface area (Å²) in [4.78, 5) is 11.8. The van der Waals surface area contributed by atoms with Crippen molar-refractivity contribution in [3.05, 3.63) is 58.6 Å². The van der Waals surface area contributed by atoms with Crippen LogP contribution in [0.25, 0.3) is 11.1 Å². The molecule has 0 fully saturated rings. The predicted molar refractivity (Wildman–Crippen MR) is 98.0 cm³/mol. The molecule has 0 aliphatic carbocycles. The van der Waals surface area contributed by atoms with Crippen molar-refractivity contribution in [1.29, 1.82) is 0 Å². The standard InChI is InChI=1S/C18H20N2O5S/c1-3-20-15-9-8-14(12-17(15)25-18(20)21)26(22,23)19-11-10-13-6-4-5-7-16(13)24-2/h4-9,12,19H,3,10-11H2,1-2H3. The Morgan fingerprint density at radius 1 is 1.19 bits per heavy atom. The summed E-state index contributed by atoms with van der Waals surface area (Å²) in [5.41, 5.74) is 1.74. The molecule has 26 heavy (non-hydrogen) atoms. The normalized spacial score (nSPS) is 11.8. The second-order valence-electron chi connectivity index (χ2n) is 5.70. The number of aromatic nitrogens is 1. The minimum Gasteiger partial charge on any atom is -0.496 e. The van der Waals surface area contributed by atoms with Crippen molar-refractivity contribution >= 4 is 21.1 Å². The van der Waals surface area contributed by atoms with Gasteiger partial charge in [0.2, 0.25) is 10.0 Å². The van der Waals surface area contributed by atoms with E-state index in [1.54, 1.807) is 13.2 Å². The third kappa shape index (κ3) is 3.51. The van der Waals surface area contributed by atoms with Gasteiger partial charge in [0.15, 0.2) is 5.58 Å². The number of hydrogen-bond acceptors (Lipinski definition) is 5. The van der Waals surface area contributed by atoms with Crippen molar-refractivity contribution in [2.75, 3.05) is 13.7 Å². The average Bonchev–Trinajstić information content (AvgIpc) is 2.96. The fourth-order valence-corrected chi connectivity index (χ4v) is 3.87. The summed E-state index contributed by atoms with van der Waals surface area (Å²) < 4.78 is 39.4. The minimum atomic E-state index is -3.71. The zero-order valence-corrected chi connectivity index (χ0v) is 15.4. The molecule has 7 nitrogen and oxygen atoms in total. The van der Waals surface area contributed by atoms with E-state index in [1.807, 2.05) is 31.2 Å². The zero-order chi connectivity index (χ0) is 18.7. The van der Waals surface area contributed by atoms with Crippen molar-refractivity contribution in [2.24, 2.45) is 0 Å². The number of oxazole rings is 1. The van der Waals surface area contributed by atoms with Crippen LogP contribution in [0.15, 0.2) is 56.6 Å². The lowest BCUT2D eigenvalue weighted by Crippen LogP contribution is -2.26. The number of hydrogen-bond donors (Lipinski definition) is 1. The molecule has 0 amide bonds. The number of methoxy groups -OCH3 is 1. The second kappa shape index (κ2) is 7.35. The maximum atomic E-state index is 12.5. The first kappa shape index (κ1) is 18.2. The van der Waals surface area contributed by atoms with E-state index in [0.29, 0.717) is 18.5 Å². The van der Waals surface area contributed by atoms with E-state index in [1.165, 1.54) is 16.7 Å². The molecule has 0 saturated heterocycles. The summed E-state index contributed by atoms with van der Waals surface area (Å²) >= 11 is 0. The minimum absolute atomic E-state index is 0.0574. The van der Waals surface area contributed by atoms with E-state index in [-0.39, 0.29) is 17.0 Å². The smallest absolute Gasteiger partial charge is 0.419 e. The Balaban J connectivity index is 1.78. The maximum absolute atomic E-state index is 12.5. The number of sulfonamides is 1. The molecule has 0 saturated carbocycles. The van der Waals surface area contributed by atoms with Gasteiger partial charge < -0.3 is 9.15 Å². The van der Waals surface area contributed by atoms with Crippen molar-refractivity contribution < 1.29 is 17.6 Å². The van der Waals surface area contributed by atoms with Gasteiger partial charge in [-0.25, -0.2) is 17.9 Å². The van der Waals surface area contributed by atoms with Crippen molar-refractivity contribution in [1.82, 2.24) is 9.29 Å². The molecule has 1 heterocycles. The quantitative estimate of drug-likeness (QED) is 0.682. The molecule has 8 heteroatoms. The highest BCUT2D eigenvalue weighted by Crippen LogP contribution is 2.20. The average molecular weight is 376 g/mol. The van der Waals surface area contributed by atoms with Crippen LogP contribution in [0.1, 0.15) is 12.5 Å². The molecule has 1 aromatic heterocycles. The number of ether oxygens (including phenoxy) is 1. The van der Waals surface area contributed by atoms with Crippen LogP contribution in [-0.2, 0) is 23.0 Å². The van der Waals surface area contributed by atoms with Gasteiger partial charge in [0.25, 0.3) is 0 Å². The molecule has 0 aliphatic rings. The monoisotopic (exact) mass is 376 g/mol. The molecule has 0 unspecified atom stereocenters. The Labute approximate surface area is 151 Å². The first-order valence-electron chi connectivity index (χ1n) is 8.21. The highest BCUT2D eigenvalue weighted by Gasteiger charge is 2.17. The Kier molecular flexibility index (Phi) is 5.15. The van der Waals surface area contributed by atoms with E-state index in [0.717, 1.165) is 11.3 Å². The lowest BCUT2D eigenvalue weighted by molar-refractivity contribution is 0.409. The van der Waals surface area contributed by atoms with Crippen LogP contribution < -0.4 is 15.2 Å². The summed E-state index contributed by atoms with van der Waals surface area (Å²) in [6, 6.07) is 11.9. The highest BCUT2D eigenvalue weighted by molar-refractivity contribution is 7.89. The summed E-state index contributed by atoms with van der Waals surface area (Å²) in [5, 5.41) is 0. The molecular formula is C18H20N2O5S. The Bertz CT molecular complexity index is 1080. The first-order chi connectivity index (χ1) is 12.5. The predicted octanol–water partition coefficient (Wildman–Crippen LogP) is 2.14. The maximum Gasteiger partial charge on any atom is 0.419 e. The molecule has 3 rings (SSSR count).